The topological polar surface area (TPSA) is 0 Å². The van der Waals surface area contributed by atoms with Crippen molar-refractivity contribution in [2.75, 3.05) is 43.1 Å². The maximum atomic E-state index is 2.44. The lowest BCUT2D eigenvalue weighted by Gasteiger charge is -2.24. The van der Waals surface area contributed by atoms with E-state index in [0.29, 0.717) is 7.92 Å². The predicted octanol–water partition coefficient (Wildman–Crippen LogP) is 6.93. The largest absolute Gasteiger partial charge is 0.107 e. The third-order valence-electron chi connectivity index (χ3n) is 5.03. The van der Waals surface area contributed by atoms with Crippen molar-refractivity contribution < 1.29 is 0 Å². The van der Waals surface area contributed by atoms with Gasteiger partial charge in [0.05, 0.1) is 24.6 Å². The Kier molecular flexibility index (Phi) is 14.1. The Bertz CT molecular complexity index is 183. The molecule has 0 radical (unpaired) electrons. The maximum Gasteiger partial charge on any atom is 0.0594 e. The molecule has 0 rings (SSSR count). The fourth-order valence-electron chi connectivity index (χ4n) is 3.03. The zero-order chi connectivity index (χ0) is 15.3. The third-order valence-corrected chi connectivity index (χ3v) is 13.2. The van der Waals surface area contributed by atoms with Crippen LogP contribution in [0.3, 0.4) is 0 Å². The van der Waals surface area contributed by atoms with Gasteiger partial charge >= 0.3 is 0 Å². The molecule has 2 heteroatoms. The average molecular weight is 319 g/mol. The summed E-state index contributed by atoms with van der Waals surface area (Å²) in [7, 11) is -0.154. The molecule has 0 unspecified atom stereocenters. The summed E-state index contributed by atoms with van der Waals surface area (Å²) in [6.45, 7) is 12.0. The summed E-state index contributed by atoms with van der Waals surface area (Å²) in [5.41, 5.74) is 0. The Labute approximate surface area is 132 Å². The smallest absolute Gasteiger partial charge is 0.0594 e. The summed E-state index contributed by atoms with van der Waals surface area (Å²) in [5.74, 6) is 0. The van der Waals surface area contributed by atoms with Gasteiger partial charge in [0.25, 0.3) is 0 Å². The molecule has 0 N–H and O–H groups in total. The molecule has 0 fully saturated rings. The first-order valence-corrected chi connectivity index (χ1v) is 13.7. The molecule has 0 aliphatic carbocycles. The second-order valence-corrected chi connectivity index (χ2v) is 14.0. The summed E-state index contributed by atoms with van der Waals surface area (Å²) < 4.78 is 0. The van der Waals surface area contributed by atoms with Crippen LogP contribution in [0.4, 0.5) is 0 Å². The molecule has 0 bridgehead atoms. The predicted molar refractivity (Wildman–Crippen MR) is 104 cm³/mol. The first-order valence-electron chi connectivity index (χ1n) is 9.25. The van der Waals surface area contributed by atoms with Gasteiger partial charge in [-0.3, -0.25) is 0 Å². The molecule has 0 saturated carbocycles. The highest BCUT2D eigenvalue weighted by Crippen LogP contribution is 2.58. The summed E-state index contributed by atoms with van der Waals surface area (Å²) in [5, 5.41) is 0. The van der Waals surface area contributed by atoms with Gasteiger partial charge in [0, 0.05) is 7.26 Å². The fraction of sp³-hybridized carbons (Fsp3) is 1.00. The third kappa shape index (κ3) is 9.00. The van der Waals surface area contributed by atoms with Crippen LogP contribution in [0, 0.1) is 0 Å². The van der Waals surface area contributed by atoms with E-state index in [1.807, 2.05) is 0 Å². The molecule has 20 heavy (non-hydrogen) atoms. The van der Waals surface area contributed by atoms with Gasteiger partial charge in [0.15, 0.2) is 0 Å². The molecule has 0 atom stereocenters. The fourth-order valence-corrected chi connectivity index (χ4v) is 9.08. The first-order chi connectivity index (χ1) is 9.67. The second-order valence-electron chi connectivity index (χ2n) is 6.27. The number of hydrogen-bond acceptors (Lipinski definition) is 0. The summed E-state index contributed by atoms with van der Waals surface area (Å²) in [4.78, 5) is 0. The van der Waals surface area contributed by atoms with Crippen molar-refractivity contribution in [3.63, 3.8) is 0 Å². The van der Waals surface area contributed by atoms with Crippen molar-refractivity contribution in [3.05, 3.63) is 0 Å². The minimum Gasteiger partial charge on any atom is -0.107 e. The van der Waals surface area contributed by atoms with Gasteiger partial charge in [0.1, 0.15) is 0 Å². The lowest BCUT2D eigenvalue weighted by Crippen LogP contribution is -2.08. The molecule has 0 aromatic rings. The van der Waals surface area contributed by atoms with Gasteiger partial charge in [-0.05, 0) is 64.9 Å². The van der Waals surface area contributed by atoms with Crippen molar-refractivity contribution in [1.29, 1.82) is 0 Å². The van der Waals surface area contributed by atoms with E-state index in [2.05, 4.69) is 34.6 Å². The van der Waals surface area contributed by atoms with Crippen LogP contribution in [0.1, 0.15) is 73.1 Å². The Morgan fingerprint density at radius 3 is 1.45 bits per heavy atom. The quantitative estimate of drug-likeness (QED) is 0.241. The van der Waals surface area contributed by atoms with Crippen LogP contribution in [0.5, 0.6) is 0 Å². The van der Waals surface area contributed by atoms with Gasteiger partial charge in [-0.15, -0.1) is 7.92 Å². The Balaban J connectivity index is 3.96. The van der Waals surface area contributed by atoms with Crippen molar-refractivity contribution in [2.24, 2.45) is 0 Å². The van der Waals surface area contributed by atoms with Crippen molar-refractivity contribution in [1.82, 2.24) is 0 Å². The van der Waals surface area contributed by atoms with E-state index in [4.69, 9.17) is 0 Å². The second kappa shape index (κ2) is 13.5. The summed E-state index contributed by atoms with van der Waals surface area (Å²) in [6.07, 6.45) is 19.5. The van der Waals surface area contributed by atoms with E-state index in [1.54, 1.807) is 24.6 Å². The normalized spacial score (nSPS) is 12.3. The van der Waals surface area contributed by atoms with Gasteiger partial charge in [-0.25, -0.2) is 0 Å². The molecule has 0 aliphatic heterocycles. The van der Waals surface area contributed by atoms with E-state index in [1.165, 1.54) is 57.0 Å². The van der Waals surface area contributed by atoms with Gasteiger partial charge in [-0.2, -0.15) is 0 Å². The van der Waals surface area contributed by atoms with Crippen LogP contribution in [0.15, 0.2) is 0 Å². The minimum atomic E-state index is -0.534. The molecule has 0 aromatic heterocycles. The molecule has 0 aliphatic rings. The molecule has 0 aromatic carbocycles. The van der Waals surface area contributed by atoms with E-state index >= 15 is 0 Å². The van der Waals surface area contributed by atoms with Crippen molar-refractivity contribution in [2.45, 2.75) is 73.1 Å². The Morgan fingerprint density at radius 1 is 0.600 bits per heavy atom. The standard InChI is InChI=1S/C18H41P2/c1-6-11-15-19(16-12-7-2)17-13-14-18-20(8-3,9-4)10-5/h6-18H2,1-5H3/q+1. The highest BCUT2D eigenvalue weighted by atomic mass is 31.2. The SMILES string of the molecule is CCCCP(CCCC)CCCC[P+](CC)(CC)CC. The van der Waals surface area contributed by atoms with Crippen molar-refractivity contribution in [3.8, 4) is 0 Å². The lowest BCUT2D eigenvalue weighted by molar-refractivity contribution is 0.846. The van der Waals surface area contributed by atoms with Crippen LogP contribution in [0.25, 0.3) is 0 Å². The molecular weight excluding hydrogens is 278 g/mol. The molecule has 122 valence electrons. The maximum absolute atomic E-state index is 2.44. The van der Waals surface area contributed by atoms with E-state index in [9.17, 15) is 0 Å². The van der Waals surface area contributed by atoms with Gasteiger partial charge in [0.2, 0.25) is 0 Å². The average Bonchev–Trinajstić information content (AvgIpc) is 2.50. The van der Waals surface area contributed by atoms with Gasteiger partial charge in [-0.1, -0.05) is 26.7 Å². The van der Waals surface area contributed by atoms with Crippen LogP contribution in [0.2, 0.25) is 0 Å². The van der Waals surface area contributed by atoms with Crippen LogP contribution >= 0.6 is 15.2 Å². The number of unbranched alkanes of at least 4 members (excludes halogenated alkanes) is 3. The summed E-state index contributed by atoms with van der Waals surface area (Å²) >= 11 is 0. The highest BCUT2D eigenvalue weighted by Gasteiger charge is 2.29. The monoisotopic (exact) mass is 319 g/mol. The van der Waals surface area contributed by atoms with Gasteiger partial charge < -0.3 is 0 Å². The molecule has 0 spiro atoms. The summed E-state index contributed by atoms with van der Waals surface area (Å²) in [6, 6.07) is 0. The van der Waals surface area contributed by atoms with Crippen molar-refractivity contribution >= 4 is 15.2 Å². The molecular formula is C18H41P2+. The lowest BCUT2D eigenvalue weighted by atomic mass is 10.4. The van der Waals surface area contributed by atoms with Crippen LogP contribution < -0.4 is 0 Å². The minimum absolute atomic E-state index is 0.380. The van der Waals surface area contributed by atoms with Crippen LogP contribution in [-0.4, -0.2) is 43.1 Å². The Morgan fingerprint density at radius 2 is 1.05 bits per heavy atom. The zero-order valence-electron chi connectivity index (χ0n) is 15.1. The zero-order valence-corrected chi connectivity index (χ0v) is 16.9. The van der Waals surface area contributed by atoms with Crippen LogP contribution in [-0.2, 0) is 0 Å². The number of rotatable bonds is 14. The molecule has 0 nitrogen and oxygen atoms in total. The number of hydrogen-bond donors (Lipinski definition) is 0. The van der Waals surface area contributed by atoms with E-state index in [-0.39, 0.29) is 0 Å². The molecule has 0 heterocycles. The first kappa shape index (κ1) is 20.9. The highest BCUT2D eigenvalue weighted by molar-refractivity contribution is 7.75. The van der Waals surface area contributed by atoms with E-state index < -0.39 is 7.26 Å². The molecule has 0 amide bonds. The molecule has 0 saturated heterocycles. The van der Waals surface area contributed by atoms with E-state index in [0.717, 1.165) is 0 Å². The Hall–Kier alpha value is 0.860.